The van der Waals surface area contributed by atoms with Crippen molar-refractivity contribution in [2.45, 2.75) is 46.6 Å². The number of benzene rings is 1. The van der Waals surface area contributed by atoms with E-state index in [2.05, 4.69) is 5.32 Å². The minimum absolute atomic E-state index is 0.338. The summed E-state index contributed by atoms with van der Waals surface area (Å²) >= 11 is 0. The van der Waals surface area contributed by atoms with Crippen LogP contribution in [0.5, 0.6) is 0 Å². The molecule has 3 amide bonds. The summed E-state index contributed by atoms with van der Waals surface area (Å²) in [6.45, 7) is 7.39. The van der Waals surface area contributed by atoms with E-state index in [9.17, 15) is 23.6 Å². The number of carbonyl (C=O) groups excluding carboxylic acids is 4. The summed E-state index contributed by atoms with van der Waals surface area (Å²) in [7, 11) is 0. The molecular formula is C23H26FN3O5. The first kappa shape index (κ1) is 23.2. The highest BCUT2D eigenvalue weighted by molar-refractivity contribution is 6.08. The summed E-state index contributed by atoms with van der Waals surface area (Å²) in [5.41, 5.74) is 1.68. The number of ketones is 1. The van der Waals surface area contributed by atoms with E-state index < -0.39 is 42.4 Å². The van der Waals surface area contributed by atoms with Crippen LogP contribution in [0, 0.1) is 26.6 Å². The van der Waals surface area contributed by atoms with E-state index in [-0.39, 0.29) is 5.82 Å². The summed E-state index contributed by atoms with van der Waals surface area (Å²) in [4.78, 5) is 50.0. The van der Waals surface area contributed by atoms with E-state index in [1.807, 2.05) is 0 Å². The zero-order chi connectivity index (χ0) is 23.8. The Labute approximate surface area is 185 Å². The number of nitrogens with zero attached hydrogens (tertiary/aromatic N) is 2. The summed E-state index contributed by atoms with van der Waals surface area (Å²) < 4.78 is 20.8. The summed E-state index contributed by atoms with van der Waals surface area (Å²) in [6, 6.07) is 5.79. The maximum atomic E-state index is 14.0. The van der Waals surface area contributed by atoms with Gasteiger partial charge in [0.15, 0.2) is 6.61 Å². The van der Waals surface area contributed by atoms with Crippen LogP contribution in [0.25, 0.3) is 5.69 Å². The predicted octanol–water partition coefficient (Wildman–Crippen LogP) is 2.99. The second kappa shape index (κ2) is 8.57. The van der Waals surface area contributed by atoms with Gasteiger partial charge in [-0.25, -0.2) is 9.18 Å². The Bertz CT molecular complexity index is 1120. The van der Waals surface area contributed by atoms with Gasteiger partial charge in [-0.3, -0.25) is 19.3 Å². The van der Waals surface area contributed by atoms with Crippen molar-refractivity contribution in [2.75, 3.05) is 13.2 Å². The normalized spacial score (nSPS) is 18.1. The van der Waals surface area contributed by atoms with Crippen LogP contribution < -0.4 is 5.32 Å². The number of rotatable bonds is 7. The molecule has 32 heavy (non-hydrogen) atoms. The number of ether oxygens (including phenoxy) is 1. The number of carbonyl (C=O) groups is 4. The van der Waals surface area contributed by atoms with Gasteiger partial charge in [0.1, 0.15) is 17.9 Å². The third-order valence-electron chi connectivity index (χ3n) is 5.85. The summed E-state index contributed by atoms with van der Waals surface area (Å²) in [5.74, 6) is -2.17. The zero-order valence-electron chi connectivity index (χ0n) is 18.7. The molecule has 1 fully saturated rings. The molecule has 0 radical (unpaired) electrons. The van der Waals surface area contributed by atoms with Crippen LogP contribution in [0.3, 0.4) is 0 Å². The molecule has 1 aliphatic rings. The highest BCUT2D eigenvalue weighted by Crippen LogP contribution is 2.23. The first-order valence-electron chi connectivity index (χ1n) is 10.3. The number of esters is 1. The minimum atomic E-state index is -1.06. The molecule has 8 nitrogen and oxygen atoms in total. The fraction of sp³-hybridized carbons (Fsp3) is 0.391. The molecule has 1 saturated heterocycles. The van der Waals surface area contributed by atoms with Crippen molar-refractivity contribution in [1.29, 1.82) is 0 Å². The van der Waals surface area contributed by atoms with Gasteiger partial charge in [0.25, 0.3) is 5.91 Å². The molecule has 0 spiro atoms. The average Bonchev–Trinajstić information content (AvgIpc) is 3.16. The number of amides is 3. The Hall–Kier alpha value is -3.49. The Morgan fingerprint density at radius 3 is 2.44 bits per heavy atom. The minimum Gasteiger partial charge on any atom is -0.456 e. The van der Waals surface area contributed by atoms with Crippen LogP contribution in [-0.2, 0) is 14.3 Å². The van der Waals surface area contributed by atoms with Crippen molar-refractivity contribution in [3.05, 3.63) is 52.6 Å². The molecule has 0 bridgehead atoms. The van der Waals surface area contributed by atoms with Gasteiger partial charge < -0.3 is 14.6 Å². The van der Waals surface area contributed by atoms with Crippen LogP contribution in [0.15, 0.2) is 24.3 Å². The molecule has 0 saturated carbocycles. The van der Waals surface area contributed by atoms with E-state index in [0.717, 1.165) is 10.6 Å². The van der Waals surface area contributed by atoms with Gasteiger partial charge in [0, 0.05) is 22.6 Å². The van der Waals surface area contributed by atoms with E-state index >= 15 is 0 Å². The standard InChI is InChI=1S/C23H26FN3O5/c1-6-23(5)21(30)26(22(31)25-23)11-20(29)32-12-19(28)17-9-14(3)27(15(17)4)16-8-7-13(2)18(24)10-16/h7-10H,6,11-12H2,1-5H3,(H,25,31). The highest BCUT2D eigenvalue weighted by Gasteiger charge is 2.47. The fourth-order valence-corrected chi connectivity index (χ4v) is 3.69. The number of nitrogens with one attached hydrogen (secondary N) is 1. The van der Waals surface area contributed by atoms with E-state index in [0.29, 0.717) is 28.9 Å². The summed E-state index contributed by atoms with van der Waals surface area (Å²) in [6.07, 6.45) is 0.377. The Morgan fingerprint density at radius 2 is 1.84 bits per heavy atom. The van der Waals surface area contributed by atoms with Crippen molar-refractivity contribution in [3.63, 3.8) is 0 Å². The van der Waals surface area contributed by atoms with Crippen LogP contribution in [0.4, 0.5) is 9.18 Å². The number of halogens is 1. The molecular weight excluding hydrogens is 417 g/mol. The quantitative estimate of drug-likeness (QED) is 0.403. The van der Waals surface area contributed by atoms with Crippen molar-refractivity contribution in [1.82, 2.24) is 14.8 Å². The number of urea groups is 1. The molecule has 2 heterocycles. The lowest BCUT2D eigenvalue weighted by atomic mass is 9.99. The van der Waals surface area contributed by atoms with Crippen molar-refractivity contribution in [3.8, 4) is 5.69 Å². The zero-order valence-corrected chi connectivity index (χ0v) is 18.7. The third-order valence-corrected chi connectivity index (χ3v) is 5.85. The van der Waals surface area contributed by atoms with E-state index in [4.69, 9.17) is 4.74 Å². The SMILES string of the molecule is CCC1(C)NC(=O)N(CC(=O)OCC(=O)c2cc(C)n(-c3ccc(C)c(F)c3)c2C)C1=O. The first-order valence-corrected chi connectivity index (χ1v) is 10.3. The molecule has 1 unspecified atom stereocenters. The molecule has 2 aromatic rings. The largest absolute Gasteiger partial charge is 0.456 e. The van der Waals surface area contributed by atoms with Gasteiger partial charge in [-0.1, -0.05) is 13.0 Å². The van der Waals surface area contributed by atoms with E-state index in [1.165, 1.54) is 6.07 Å². The summed E-state index contributed by atoms with van der Waals surface area (Å²) in [5, 5.41) is 2.55. The second-order valence-corrected chi connectivity index (χ2v) is 8.14. The fourth-order valence-electron chi connectivity index (χ4n) is 3.69. The van der Waals surface area contributed by atoms with Crippen LogP contribution >= 0.6 is 0 Å². The smallest absolute Gasteiger partial charge is 0.326 e. The van der Waals surface area contributed by atoms with Gasteiger partial charge >= 0.3 is 12.0 Å². The van der Waals surface area contributed by atoms with E-state index in [1.54, 1.807) is 57.4 Å². The molecule has 1 atom stereocenters. The number of aromatic nitrogens is 1. The highest BCUT2D eigenvalue weighted by atomic mass is 19.1. The maximum absolute atomic E-state index is 14.0. The van der Waals surface area contributed by atoms with Gasteiger partial charge in [-0.2, -0.15) is 0 Å². The molecule has 3 rings (SSSR count). The molecule has 9 heteroatoms. The number of imide groups is 1. The molecule has 1 N–H and O–H groups in total. The van der Waals surface area contributed by atoms with Gasteiger partial charge in [0.05, 0.1) is 0 Å². The number of aryl methyl sites for hydroxylation is 2. The number of hydrogen-bond acceptors (Lipinski definition) is 5. The van der Waals surface area contributed by atoms with Crippen LogP contribution in [-0.4, -0.2) is 51.8 Å². The average molecular weight is 443 g/mol. The second-order valence-electron chi connectivity index (χ2n) is 8.14. The number of Topliss-reactive ketones (excluding diaryl/α,β-unsaturated/α-hetero) is 1. The maximum Gasteiger partial charge on any atom is 0.326 e. The van der Waals surface area contributed by atoms with Crippen LogP contribution in [0.2, 0.25) is 0 Å². The van der Waals surface area contributed by atoms with Crippen molar-refractivity contribution >= 4 is 23.7 Å². The molecule has 0 aliphatic carbocycles. The molecule has 1 aliphatic heterocycles. The monoisotopic (exact) mass is 443 g/mol. The topological polar surface area (TPSA) is 97.7 Å². The van der Waals surface area contributed by atoms with Crippen molar-refractivity contribution in [2.24, 2.45) is 0 Å². The lowest BCUT2D eigenvalue weighted by molar-refractivity contribution is -0.146. The molecule has 170 valence electrons. The van der Waals surface area contributed by atoms with Crippen LogP contribution in [0.1, 0.15) is 47.6 Å². The first-order chi connectivity index (χ1) is 15.0. The number of hydrogen-bond donors (Lipinski definition) is 1. The van der Waals surface area contributed by atoms with Gasteiger partial charge in [0.2, 0.25) is 5.78 Å². The lowest BCUT2D eigenvalue weighted by Gasteiger charge is -2.18. The lowest BCUT2D eigenvalue weighted by Crippen LogP contribution is -2.43. The molecule has 1 aromatic heterocycles. The van der Waals surface area contributed by atoms with Gasteiger partial charge in [-0.15, -0.1) is 0 Å². The van der Waals surface area contributed by atoms with Crippen molar-refractivity contribution < 1.29 is 28.3 Å². The van der Waals surface area contributed by atoms with Gasteiger partial charge in [-0.05, 0) is 57.9 Å². The Kier molecular flexibility index (Phi) is 6.20. The third kappa shape index (κ3) is 4.15. The Morgan fingerprint density at radius 1 is 1.16 bits per heavy atom. The predicted molar refractivity (Wildman–Crippen MR) is 114 cm³/mol. The Balaban J connectivity index is 1.68. The molecule has 1 aromatic carbocycles.